The predicted molar refractivity (Wildman–Crippen MR) is 72.2 cm³/mol. The zero-order chi connectivity index (χ0) is 14.0. The summed E-state index contributed by atoms with van der Waals surface area (Å²) in [5.74, 6) is 1.30. The molecule has 0 aliphatic heterocycles. The molecule has 1 saturated carbocycles. The minimum atomic E-state index is -0.554. The largest absolute Gasteiger partial charge is 0.509 e. The number of carbonyl (C=O) groups excluding carboxylic acids is 1. The van der Waals surface area contributed by atoms with Crippen molar-refractivity contribution in [1.82, 2.24) is 0 Å². The number of ether oxygens (including phenoxy) is 2. The minimum absolute atomic E-state index is 0.395. The summed E-state index contributed by atoms with van der Waals surface area (Å²) < 4.78 is 10.7. The van der Waals surface area contributed by atoms with Crippen molar-refractivity contribution in [2.75, 3.05) is 0 Å². The molecule has 0 spiro atoms. The molecule has 0 heterocycles. The van der Waals surface area contributed by atoms with Gasteiger partial charge in [0.15, 0.2) is 0 Å². The highest BCUT2D eigenvalue weighted by atomic mass is 16.7. The second-order valence-corrected chi connectivity index (χ2v) is 6.90. The van der Waals surface area contributed by atoms with E-state index in [1.807, 2.05) is 27.7 Å². The van der Waals surface area contributed by atoms with Gasteiger partial charge in [0.25, 0.3) is 0 Å². The molecule has 1 fully saturated rings. The van der Waals surface area contributed by atoms with Gasteiger partial charge >= 0.3 is 6.16 Å². The molecule has 105 valence electrons. The van der Waals surface area contributed by atoms with Crippen LogP contribution in [0.4, 0.5) is 4.79 Å². The molecule has 2 atom stereocenters. The summed E-state index contributed by atoms with van der Waals surface area (Å²) in [6.45, 7) is 12.0. The van der Waals surface area contributed by atoms with Crippen LogP contribution in [0.1, 0.15) is 60.8 Å². The Labute approximate surface area is 111 Å². The first-order chi connectivity index (χ1) is 8.11. The van der Waals surface area contributed by atoms with Gasteiger partial charge in [-0.05, 0) is 65.2 Å². The zero-order valence-electron chi connectivity index (χ0n) is 12.6. The highest BCUT2D eigenvalue weighted by molar-refractivity contribution is 5.61. The van der Waals surface area contributed by atoms with Crippen LogP contribution in [-0.2, 0) is 9.47 Å². The van der Waals surface area contributed by atoms with Crippen molar-refractivity contribution in [2.45, 2.75) is 72.0 Å². The van der Waals surface area contributed by atoms with E-state index in [1.165, 1.54) is 0 Å². The maximum Gasteiger partial charge on any atom is 0.509 e. The third-order valence-electron chi connectivity index (χ3n) is 3.43. The molecule has 0 amide bonds. The van der Waals surface area contributed by atoms with Gasteiger partial charge in [0.2, 0.25) is 0 Å². The van der Waals surface area contributed by atoms with E-state index in [0.29, 0.717) is 11.8 Å². The molecule has 2 unspecified atom stereocenters. The second-order valence-electron chi connectivity index (χ2n) is 6.90. The summed E-state index contributed by atoms with van der Waals surface area (Å²) in [6.07, 6.45) is 4.54. The van der Waals surface area contributed by atoms with E-state index in [4.69, 9.17) is 9.47 Å². The first-order valence-corrected chi connectivity index (χ1v) is 6.87. The predicted octanol–water partition coefficient (Wildman–Crippen LogP) is 4.36. The maximum absolute atomic E-state index is 11.7. The quantitative estimate of drug-likeness (QED) is 0.688. The van der Waals surface area contributed by atoms with Crippen molar-refractivity contribution >= 4 is 6.16 Å². The Hall–Kier alpha value is -0.730. The molecule has 3 nitrogen and oxygen atoms in total. The van der Waals surface area contributed by atoms with E-state index in [0.717, 1.165) is 19.3 Å². The first kappa shape index (κ1) is 15.3. The highest BCUT2D eigenvalue weighted by Gasteiger charge is 2.36. The molecule has 0 aromatic rings. The Bertz CT molecular complexity index is 281. The van der Waals surface area contributed by atoms with Crippen LogP contribution in [-0.4, -0.2) is 17.4 Å². The summed E-state index contributed by atoms with van der Waals surface area (Å²) in [5.41, 5.74) is -0.889. The molecule has 0 saturated heterocycles. The van der Waals surface area contributed by atoms with Gasteiger partial charge in [-0.15, -0.1) is 0 Å². The fourth-order valence-electron chi connectivity index (χ4n) is 2.26. The normalized spacial score (nSPS) is 29.2. The fraction of sp³-hybridized carbons (Fsp3) is 0.867. The van der Waals surface area contributed by atoms with Crippen molar-refractivity contribution in [3.8, 4) is 0 Å². The molecule has 1 aliphatic carbocycles. The molecular formula is C15H27O3. The van der Waals surface area contributed by atoms with Gasteiger partial charge in [0, 0.05) is 0 Å². The average Bonchev–Trinajstić information content (AvgIpc) is 2.13. The van der Waals surface area contributed by atoms with Crippen LogP contribution in [0.15, 0.2) is 0 Å². The van der Waals surface area contributed by atoms with Crippen molar-refractivity contribution in [3.05, 3.63) is 6.42 Å². The van der Waals surface area contributed by atoms with Gasteiger partial charge in [-0.3, -0.25) is 0 Å². The maximum atomic E-state index is 11.7. The Morgan fingerprint density at radius 3 is 2.39 bits per heavy atom. The lowest BCUT2D eigenvalue weighted by atomic mass is 9.75. The van der Waals surface area contributed by atoms with Crippen molar-refractivity contribution < 1.29 is 14.3 Å². The van der Waals surface area contributed by atoms with Crippen LogP contribution in [0.25, 0.3) is 0 Å². The average molecular weight is 255 g/mol. The van der Waals surface area contributed by atoms with E-state index in [-0.39, 0.29) is 0 Å². The Balaban J connectivity index is 2.45. The lowest BCUT2D eigenvalue weighted by molar-refractivity contribution is -0.0707. The summed E-state index contributed by atoms with van der Waals surface area (Å²) >= 11 is 0. The highest BCUT2D eigenvalue weighted by Crippen LogP contribution is 2.37. The van der Waals surface area contributed by atoms with Crippen LogP contribution in [0, 0.1) is 18.3 Å². The van der Waals surface area contributed by atoms with Crippen LogP contribution in [0.2, 0.25) is 0 Å². The monoisotopic (exact) mass is 255 g/mol. The number of carbonyl (C=O) groups is 1. The van der Waals surface area contributed by atoms with Crippen molar-refractivity contribution in [2.24, 2.45) is 11.8 Å². The molecular weight excluding hydrogens is 228 g/mol. The number of hydrogen-bond donors (Lipinski definition) is 0. The Morgan fingerprint density at radius 2 is 2.00 bits per heavy atom. The zero-order valence-corrected chi connectivity index (χ0v) is 12.6. The molecule has 1 rings (SSSR count). The van der Waals surface area contributed by atoms with E-state index >= 15 is 0 Å². The van der Waals surface area contributed by atoms with E-state index in [2.05, 4.69) is 20.3 Å². The number of hydrogen-bond acceptors (Lipinski definition) is 3. The standard InChI is InChI=1S/C15H27O3/c1-11(2)12-7-9-15(6,10-8-12)18-13(16)17-14(3,4)5/h7,11-12H,8-10H2,1-6H3. The minimum Gasteiger partial charge on any atom is -0.429 e. The third-order valence-corrected chi connectivity index (χ3v) is 3.43. The van der Waals surface area contributed by atoms with Crippen LogP contribution < -0.4 is 0 Å². The van der Waals surface area contributed by atoms with Crippen LogP contribution in [0.5, 0.6) is 0 Å². The summed E-state index contributed by atoms with van der Waals surface area (Å²) in [4.78, 5) is 11.7. The number of rotatable bonds is 2. The van der Waals surface area contributed by atoms with Gasteiger partial charge in [-0.1, -0.05) is 13.8 Å². The van der Waals surface area contributed by atoms with Crippen LogP contribution >= 0.6 is 0 Å². The second kappa shape index (κ2) is 5.50. The summed E-state index contributed by atoms with van der Waals surface area (Å²) in [7, 11) is 0. The molecule has 18 heavy (non-hydrogen) atoms. The summed E-state index contributed by atoms with van der Waals surface area (Å²) in [5, 5.41) is 0. The van der Waals surface area contributed by atoms with Gasteiger partial charge < -0.3 is 9.47 Å². The summed E-state index contributed by atoms with van der Waals surface area (Å²) in [6, 6.07) is 0. The van der Waals surface area contributed by atoms with E-state index in [1.54, 1.807) is 0 Å². The lowest BCUT2D eigenvalue weighted by Gasteiger charge is -2.38. The first-order valence-electron chi connectivity index (χ1n) is 6.87. The van der Waals surface area contributed by atoms with Gasteiger partial charge in [0.1, 0.15) is 11.2 Å². The molecule has 0 bridgehead atoms. The fourth-order valence-corrected chi connectivity index (χ4v) is 2.26. The SMILES string of the molecule is CC(C)C1[CH]CC(C)(OC(=O)OC(C)(C)C)CC1. The molecule has 0 aromatic heterocycles. The van der Waals surface area contributed by atoms with Crippen molar-refractivity contribution in [1.29, 1.82) is 0 Å². The smallest absolute Gasteiger partial charge is 0.429 e. The van der Waals surface area contributed by atoms with Crippen molar-refractivity contribution in [3.63, 3.8) is 0 Å². The van der Waals surface area contributed by atoms with E-state index < -0.39 is 17.4 Å². The molecule has 0 aromatic carbocycles. The lowest BCUT2D eigenvalue weighted by Crippen LogP contribution is -2.39. The van der Waals surface area contributed by atoms with E-state index in [9.17, 15) is 4.79 Å². The van der Waals surface area contributed by atoms with Gasteiger partial charge in [-0.2, -0.15) is 0 Å². The van der Waals surface area contributed by atoms with Gasteiger partial charge in [-0.25, -0.2) is 4.79 Å². The Morgan fingerprint density at radius 1 is 1.39 bits per heavy atom. The van der Waals surface area contributed by atoms with Crippen LogP contribution in [0.3, 0.4) is 0 Å². The molecule has 1 radical (unpaired) electrons. The Kier molecular flexibility index (Phi) is 4.68. The van der Waals surface area contributed by atoms with Gasteiger partial charge in [0.05, 0.1) is 0 Å². The molecule has 1 aliphatic rings. The topological polar surface area (TPSA) is 35.5 Å². The third kappa shape index (κ3) is 4.87. The molecule has 0 N–H and O–H groups in total. The molecule has 3 heteroatoms.